The van der Waals surface area contributed by atoms with Gasteiger partial charge in [-0.15, -0.1) is 0 Å². The van der Waals surface area contributed by atoms with E-state index in [0.717, 1.165) is 11.3 Å². The standard InChI is InChI=1S/C15H24N2O4S/c1-17(22(3,19)20)11-5-10-16-15(18)9-8-13-6-4-7-14(12-13)21-2/h4,6-7,12H,5,8-11H2,1-3H3,(H,16,18). The number of hydrogen-bond acceptors (Lipinski definition) is 4. The Hall–Kier alpha value is -1.60. The second-order valence-electron chi connectivity index (χ2n) is 5.14. The van der Waals surface area contributed by atoms with Crippen molar-refractivity contribution < 1.29 is 17.9 Å². The summed E-state index contributed by atoms with van der Waals surface area (Å²) in [5.74, 6) is 0.742. The summed E-state index contributed by atoms with van der Waals surface area (Å²) >= 11 is 0. The number of methoxy groups -OCH3 is 1. The van der Waals surface area contributed by atoms with Crippen molar-refractivity contribution >= 4 is 15.9 Å². The highest BCUT2D eigenvalue weighted by molar-refractivity contribution is 7.88. The largest absolute Gasteiger partial charge is 0.497 e. The molecule has 7 heteroatoms. The van der Waals surface area contributed by atoms with Crippen LogP contribution in [-0.2, 0) is 21.2 Å². The molecule has 1 N–H and O–H groups in total. The van der Waals surface area contributed by atoms with Crippen molar-refractivity contribution in [2.75, 3.05) is 33.5 Å². The lowest BCUT2D eigenvalue weighted by atomic mass is 10.1. The topological polar surface area (TPSA) is 75.7 Å². The lowest BCUT2D eigenvalue weighted by molar-refractivity contribution is -0.121. The highest BCUT2D eigenvalue weighted by Gasteiger charge is 2.10. The molecule has 22 heavy (non-hydrogen) atoms. The SMILES string of the molecule is COc1cccc(CCC(=O)NCCCN(C)S(C)(=O)=O)c1. The van der Waals surface area contributed by atoms with Gasteiger partial charge in [-0.1, -0.05) is 12.1 Å². The van der Waals surface area contributed by atoms with Crippen molar-refractivity contribution in [3.05, 3.63) is 29.8 Å². The third-order valence-corrected chi connectivity index (χ3v) is 4.63. The van der Waals surface area contributed by atoms with Gasteiger partial charge >= 0.3 is 0 Å². The summed E-state index contributed by atoms with van der Waals surface area (Å²) in [6.07, 6.45) is 2.80. The van der Waals surface area contributed by atoms with Gasteiger partial charge in [0.05, 0.1) is 13.4 Å². The Balaban J connectivity index is 2.24. The molecule has 6 nitrogen and oxygen atoms in total. The minimum absolute atomic E-state index is 0.0372. The first-order valence-corrected chi connectivity index (χ1v) is 8.98. The Kier molecular flexibility index (Phi) is 7.34. The van der Waals surface area contributed by atoms with E-state index in [-0.39, 0.29) is 5.91 Å². The number of aryl methyl sites for hydroxylation is 1. The molecule has 0 spiro atoms. The molecular weight excluding hydrogens is 304 g/mol. The van der Waals surface area contributed by atoms with E-state index in [1.807, 2.05) is 24.3 Å². The van der Waals surface area contributed by atoms with E-state index in [9.17, 15) is 13.2 Å². The van der Waals surface area contributed by atoms with Crippen LogP contribution in [-0.4, -0.2) is 52.1 Å². The first-order valence-electron chi connectivity index (χ1n) is 7.14. The van der Waals surface area contributed by atoms with Crippen LogP contribution >= 0.6 is 0 Å². The smallest absolute Gasteiger partial charge is 0.220 e. The molecule has 0 atom stereocenters. The van der Waals surface area contributed by atoms with Gasteiger partial charge in [0.15, 0.2) is 0 Å². The number of nitrogens with one attached hydrogen (secondary N) is 1. The molecule has 0 aliphatic heterocycles. The third kappa shape index (κ3) is 6.91. The minimum atomic E-state index is -3.15. The number of hydrogen-bond donors (Lipinski definition) is 1. The quantitative estimate of drug-likeness (QED) is 0.687. The van der Waals surface area contributed by atoms with Crippen molar-refractivity contribution in [1.29, 1.82) is 0 Å². The number of nitrogens with zero attached hydrogens (tertiary/aromatic N) is 1. The van der Waals surface area contributed by atoms with Crippen LogP contribution in [0.15, 0.2) is 24.3 Å². The summed E-state index contributed by atoms with van der Waals surface area (Å²) in [6, 6.07) is 7.63. The van der Waals surface area contributed by atoms with Gasteiger partial charge in [-0.25, -0.2) is 12.7 Å². The van der Waals surface area contributed by atoms with Gasteiger partial charge < -0.3 is 10.1 Å². The molecule has 0 aliphatic rings. The Morgan fingerprint density at radius 2 is 2.09 bits per heavy atom. The maximum absolute atomic E-state index is 11.7. The summed E-state index contributed by atoms with van der Waals surface area (Å²) in [5.41, 5.74) is 1.05. The van der Waals surface area contributed by atoms with Gasteiger partial charge in [-0.2, -0.15) is 0 Å². The van der Waals surface area contributed by atoms with E-state index in [0.29, 0.717) is 32.4 Å². The lowest BCUT2D eigenvalue weighted by Crippen LogP contribution is -2.31. The predicted octanol–water partition coefficient (Wildman–Crippen LogP) is 1.03. The predicted molar refractivity (Wildman–Crippen MR) is 86.4 cm³/mol. The highest BCUT2D eigenvalue weighted by atomic mass is 32.2. The van der Waals surface area contributed by atoms with Crippen molar-refractivity contribution in [3.8, 4) is 5.75 Å². The normalized spacial score (nSPS) is 11.5. The number of ether oxygens (including phenoxy) is 1. The van der Waals surface area contributed by atoms with Crippen LogP contribution in [0.4, 0.5) is 0 Å². The number of sulfonamides is 1. The van der Waals surface area contributed by atoms with E-state index in [1.165, 1.54) is 17.6 Å². The van der Waals surface area contributed by atoms with Gasteiger partial charge in [0, 0.05) is 26.6 Å². The molecule has 0 unspecified atom stereocenters. The van der Waals surface area contributed by atoms with Gasteiger partial charge in [-0.05, 0) is 30.5 Å². The van der Waals surface area contributed by atoms with Crippen LogP contribution in [0.5, 0.6) is 5.75 Å². The molecule has 124 valence electrons. The summed E-state index contributed by atoms with van der Waals surface area (Å²) in [4.78, 5) is 11.7. The van der Waals surface area contributed by atoms with Crippen LogP contribution in [0, 0.1) is 0 Å². The first-order chi connectivity index (χ1) is 10.3. The average molecular weight is 328 g/mol. The molecular formula is C15H24N2O4S. The molecule has 1 rings (SSSR count). The molecule has 1 amide bonds. The minimum Gasteiger partial charge on any atom is -0.497 e. The molecule has 0 bridgehead atoms. The van der Waals surface area contributed by atoms with Crippen molar-refractivity contribution in [2.45, 2.75) is 19.3 Å². The fraction of sp³-hybridized carbons (Fsp3) is 0.533. The van der Waals surface area contributed by atoms with Gasteiger partial charge in [-0.3, -0.25) is 4.79 Å². The van der Waals surface area contributed by atoms with Crippen LogP contribution < -0.4 is 10.1 Å². The summed E-state index contributed by atoms with van der Waals surface area (Å²) in [6.45, 7) is 0.867. The van der Waals surface area contributed by atoms with Crippen LogP contribution in [0.25, 0.3) is 0 Å². The molecule has 0 radical (unpaired) electrons. The highest BCUT2D eigenvalue weighted by Crippen LogP contribution is 2.13. The van der Waals surface area contributed by atoms with Crippen LogP contribution in [0.2, 0.25) is 0 Å². The number of benzene rings is 1. The molecule has 0 heterocycles. The van der Waals surface area contributed by atoms with E-state index >= 15 is 0 Å². The average Bonchev–Trinajstić information content (AvgIpc) is 2.48. The Morgan fingerprint density at radius 3 is 2.73 bits per heavy atom. The molecule has 0 aromatic heterocycles. The Morgan fingerprint density at radius 1 is 1.36 bits per heavy atom. The fourth-order valence-corrected chi connectivity index (χ4v) is 2.33. The zero-order valence-electron chi connectivity index (χ0n) is 13.3. The van der Waals surface area contributed by atoms with E-state index < -0.39 is 10.0 Å². The van der Waals surface area contributed by atoms with Gasteiger partial charge in [0.1, 0.15) is 5.75 Å². The summed E-state index contributed by atoms with van der Waals surface area (Å²) in [7, 11) is -0.00948. The van der Waals surface area contributed by atoms with Crippen molar-refractivity contribution in [1.82, 2.24) is 9.62 Å². The molecule has 0 saturated heterocycles. The van der Waals surface area contributed by atoms with Crippen molar-refractivity contribution in [3.63, 3.8) is 0 Å². The number of carbonyl (C=O) groups is 1. The van der Waals surface area contributed by atoms with Gasteiger partial charge in [0.2, 0.25) is 15.9 Å². The summed E-state index contributed by atoms with van der Waals surface area (Å²) < 4.78 is 28.8. The number of rotatable bonds is 9. The number of carbonyl (C=O) groups excluding carboxylic acids is 1. The van der Waals surface area contributed by atoms with Crippen molar-refractivity contribution in [2.24, 2.45) is 0 Å². The van der Waals surface area contributed by atoms with Crippen LogP contribution in [0.3, 0.4) is 0 Å². The molecule has 0 fully saturated rings. The molecule has 1 aromatic rings. The lowest BCUT2D eigenvalue weighted by Gasteiger charge is -2.13. The summed E-state index contributed by atoms with van der Waals surface area (Å²) in [5, 5.41) is 2.80. The maximum atomic E-state index is 11.7. The zero-order chi connectivity index (χ0) is 16.6. The first kappa shape index (κ1) is 18.4. The monoisotopic (exact) mass is 328 g/mol. The molecule has 0 saturated carbocycles. The third-order valence-electron chi connectivity index (χ3n) is 3.31. The van der Waals surface area contributed by atoms with E-state index in [4.69, 9.17) is 4.74 Å². The Labute approximate surface area is 132 Å². The maximum Gasteiger partial charge on any atom is 0.220 e. The zero-order valence-corrected chi connectivity index (χ0v) is 14.1. The number of amides is 1. The van der Waals surface area contributed by atoms with E-state index in [2.05, 4.69) is 5.32 Å². The second kappa shape index (κ2) is 8.75. The fourth-order valence-electron chi connectivity index (χ4n) is 1.87. The molecule has 0 aliphatic carbocycles. The van der Waals surface area contributed by atoms with Crippen LogP contribution in [0.1, 0.15) is 18.4 Å². The Bertz CT molecular complexity index is 587. The molecule has 1 aromatic carbocycles. The second-order valence-corrected chi connectivity index (χ2v) is 7.23. The van der Waals surface area contributed by atoms with Gasteiger partial charge in [0.25, 0.3) is 0 Å². The van der Waals surface area contributed by atoms with E-state index in [1.54, 1.807) is 7.11 Å².